The summed E-state index contributed by atoms with van der Waals surface area (Å²) in [4.78, 5) is 21.0. The molecular formula is C15H18N4O2. The Balaban J connectivity index is 1.89. The van der Waals surface area contributed by atoms with Crippen LogP contribution in [0.15, 0.2) is 36.7 Å². The van der Waals surface area contributed by atoms with Gasteiger partial charge in [-0.25, -0.2) is 4.98 Å². The SMILES string of the molecule is Cc1ccc(OCCN(C)c2cncc(C(N)=O)n2)cc1. The van der Waals surface area contributed by atoms with E-state index >= 15 is 0 Å². The van der Waals surface area contributed by atoms with Crippen LogP contribution in [0, 0.1) is 6.92 Å². The topological polar surface area (TPSA) is 81.3 Å². The van der Waals surface area contributed by atoms with Crippen molar-refractivity contribution in [1.82, 2.24) is 9.97 Å². The van der Waals surface area contributed by atoms with Gasteiger partial charge in [0.05, 0.1) is 18.9 Å². The second kappa shape index (κ2) is 6.69. The number of carbonyl (C=O) groups is 1. The number of rotatable bonds is 6. The lowest BCUT2D eigenvalue weighted by Gasteiger charge is -2.18. The Kier molecular flexibility index (Phi) is 4.71. The fourth-order valence-electron chi connectivity index (χ4n) is 1.71. The molecule has 0 saturated carbocycles. The van der Waals surface area contributed by atoms with Gasteiger partial charge < -0.3 is 15.4 Å². The van der Waals surface area contributed by atoms with Crippen molar-refractivity contribution < 1.29 is 9.53 Å². The van der Waals surface area contributed by atoms with Crippen LogP contribution < -0.4 is 15.4 Å². The van der Waals surface area contributed by atoms with Crippen LogP contribution in [0.2, 0.25) is 0 Å². The van der Waals surface area contributed by atoms with Gasteiger partial charge in [0.1, 0.15) is 23.9 Å². The molecule has 21 heavy (non-hydrogen) atoms. The zero-order chi connectivity index (χ0) is 15.2. The van der Waals surface area contributed by atoms with E-state index in [9.17, 15) is 4.79 Å². The molecule has 1 amide bonds. The molecule has 2 aromatic rings. The maximum Gasteiger partial charge on any atom is 0.268 e. The van der Waals surface area contributed by atoms with E-state index in [0.29, 0.717) is 19.0 Å². The number of nitrogens with two attached hydrogens (primary N) is 1. The molecule has 0 unspecified atom stereocenters. The summed E-state index contributed by atoms with van der Waals surface area (Å²) in [5.74, 6) is 0.818. The van der Waals surface area contributed by atoms with Crippen molar-refractivity contribution in [3.63, 3.8) is 0 Å². The average Bonchev–Trinajstić information content (AvgIpc) is 2.49. The van der Waals surface area contributed by atoms with Crippen molar-refractivity contribution in [2.24, 2.45) is 5.73 Å². The summed E-state index contributed by atoms with van der Waals surface area (Å²) in [5, 5.41) is 0. The largest absolute Gasteiger partial charge is 0.492 e. The van der Waals surface area contributed by atoms with E-state index < -0.39 is 5.91 Å². The van der Waals surface area contributed by atoms with Gasteiger partial charge in [0.15, 0.2) is 0 Å². The fraction of sp³-hybridized carbons (Fsp3) is 0.267. The van der Waals surface area contributed by atoms with Gasteiger partial charge in [-0.2, -0.15) is 0 Å². The molecule has 2 N–H and O–H groups in total. The molecule has 6 nitrogen and oxygen atoms in total. The summed E-state index contributed by atoms with van der Waals surface area (Å²) in [5.41, 5.74) is 6.53. The van der Waals surface area contributed by atoms with Crippen LogP contribution in [0.1, 0.15) is 16.1 Å². The number of primary amides is 1. The number of amides is 1. The van der Waals surface area contributed by atoms with Gasteiger partial charge in [0, 0.05) is 7.05 Å². The quantitative estimate of drug-likeness (QED) is 0.868. The van der Waals surface area contributed by atoms with E-state index in [1.807, 2.05) is 43.1 Å². The zero-order valence-electron chi connectivity index (χ0n) is 12.1. The molecule has 0 aliphatic carbocycles. The van der Waals surface area contributed by atoms with Crippen molar-refractivity contribution in [3.8, 4) is 5.75 Å². The first-order chi connectivity index (χ1) is 10.1. The highest BCUT2D eigenvalue weighted by Gasteiger charge is 2.08. The van der Waals surface area contributed by atoms with E-state index in [2.05, 4.69) is 9.97 Å². The summed E-state index contributed by atoms with van der Waals surface area (Å²) in [6.07, 6.45) is 2.93. The van der Waals surface area contributed by atoms with Gasteiger partial charge >= 0.3 is 0 Å². The first-order valence-corrected chi connectivity index (χ1v) is 6.58. The molecule has 0 bridgehead atoms. The predicted molar refractivity (Wildman–Crippen MR) is 80.5 cm³/mol. The molecule has 110 valence electrons. The number of nitrogens with zero attached hydrogens (tertiary/aromatic N) is 3. The lowest BCUT2D eigenvalue weighted by Crippen LogP contribution is -2.26. The summed E-state index contributed by atoms with van der Waals surface area (Å²) in [6.45, 7) is 3.15. The van der Waals surface area contributed by atoms with Crippen LogP contribution >= 0.6 is 0 Å². The molecule has 0 saturated heterocycles. The minimum absolute atomic E-state index is 0.152. The number of carbonyl (C=O) groups excluding carboxylic acids is 1. The number of aromatic nitrogens is 2. The van der Waals surface area contributed by atoms with Crippen molar-refractivity contribution in [3.05, 3.63) is 47.9 Å². The molecule has 0 aliphatic heterocycles. The number of likely N-dealkylation sites (N-methyl/N-ethyl adjacent to an activating group) is 1. The summed E-state index contributed by atoms with van der Waals surface area (Å²) >= 11 is 0. The number of hydrogen-bond acceptors (Lipinski definition) is 5. The molecule has 1 heterocycles. The Morgan fingerprint density at radius 3 is 2.67 bits per heavy atom. The second-order valence-electron chi connectivity index (χ2n) is 4.71. The molecule has 2 rings (SSSR count). The van der Waals surface area contributed by atoms with E-state index in [1.54, 1.807) is 6.20 Å². The lowest BCUT2D eigenvalue weighted by molar-refractivity contribution is 0.0995. The van der Waals surface area contributed by atoms with Crippen molar-refractivity contribution in [2.45, 2.75) is 6.92 Å². The first-order valence-electron chi connectivity index (χ1n) is 6.58. The van der Waals surface area contributed by atoms with Crippen molar-refractivity contribution >= 4 is 11.7 Å². The maximum atomic E-state index is 11.1. The number of benzene rings is 1. The Bertz CT molecular complexity index is 613. The summed E-state index contributed by atoms with van der Waals surface area (Å²) in [6, 6.07) is 7.87. The van der Waals surface area contributed by atoms with E-state index in [-0.39, 0.29) is 5.69 Å². The highest BCUT2D eigenvalue weighted by atomic mass is 16.5. The van der Waals surface area contributed by atoms with Crippen LogP contribution in [-0.2, 0) is 0 Å². The minimum atomic E-state index is -0.589. The van der Waals surface area contributed by atoms with Gasteiger partial charge in [-0.3, -0.25) is 9.78 Å². The predicted octanol–water partition coefficient (Wildman–Crippen LogP) is 1.40. The Morgan fingerprint density at radius 1 is 1.29 bits per heavy atom. The molecule has 0 fully saturated rings. The second-order valence-corrected chi connectivity index (χ2v) is 4.71. The van der Waals surface area contributed by atoms with Gasteiger partial charge in [-0.1, -0.05) is 17.7 Å². The Morgan fingerprint density at radius 2 is 2.00 bits per heavy atom. The molecule has 0 spiro atoms. The third-order valence-corrected chi connectivity index (χ3v) is 2.98. The smallest absolute Gasteiger partial charge is 0.268 e. The first kappa shape index (κ1) is 14.8. The van der Waals surface area contributed by atoms with E-state index in [1.165, 1.54) is 11.8 Å². The van der Waals surface area contributed by atoms with Gasteiger partial charge in [-0.05, 0) is 19.1 Å². The Hall–Kier alpha value is -2.63. The number of ether oxygens (including phenoxy) is 1. The third kappa shape index (κ3) is 4.17. The van der Waals surface area contributed by atoms with Crippen LogP contribution in [0.4, 0.5) is 5.82 Å². The zero-order valence-corrected chi connectivity index (χ0v) is 12.1. The average molecular weight is 286 g/mol. The maximum absolute atomic E-state index is 11.1. The van der Waals surface area contributed by atoms with Gasteiger partial charge in [0.25, 0.3) is 5.91 Å². The molecule has 1 aromatic heterocycles. The molecule has 1 aromatic carbocycles. The highest BCUT2D eigenvalue weighted by Crippen LogP contribution is 2.12. The number of anilines is 1. The molecular weight excluding hydrogens is 268 g/mol. The molecule has 6 heteroatoms. The van der Waals surface area contributed by atoms with Crippen molar-refractivity contribution in [2.75, 3.05) is 25.1 Å². The number of aryl methyl sites for hydroxylation is 1. The lowest BCUT2D eigenvalue weighted by atomic mass is 10.2. The van der Waals surface area contributed by atoms with E-state index in [0.717, 1.165) is 5.75 Å². The highest BCUT2D eigenvalue weighted by molar-refractivity contribution is 5.90. The van der Waals surface area contributed by atoms with Crippen molar-refractivity contribution in [1.29, 1.82) is 0 Å². The Labute approximate surface area is 123 Å². The third-order valence-electron chi connectivity index (χ3n) is 2.98. The van der Waals surface area contributed by atoms with Crippen LogP contribution in [0.25, 0.3) is 0 Å². The van der Waals surface area contributed by atoms with Gasteiger partial charge in [-0.15, -0.1) is 0 Å². The minimum Gasteiger partial charge on any atom is -0.492 e. The normalized spacial score (nSPS) is 10.2. The van der Waals surface area contributed by atoms with Gasteiger partial charge in [0.2, 0.25) is 0 Å². The standard InChI is InChI=1S/C15H18N4O2/c1-11-3-5-12(6-4-11)21-8-7-19(2)14-10-17-9-13(18-14)15(16)20/h3-6,9-10H,7-8H2,1-2H3,(H2,16,20). The molecule has 0 aliphatic rings. The van der Waals surface area contributed by atoms with Crippen LogP contribution in [-0.4, -0.2) is 36.1 Å². The van der Waals surface area contributed by atoms with Crippen LogP contribution in [0.3, 0.4) is 0 Å². The van der Waals surface area contributed by atoms with E-state index in [4.69, 9.17) is 10.5 Å². The summed E-state index contributed by atoms with van der Waals surface area (Å²) < 4.78 is 5.65. The molecule has 0 atom stereocenters. The van der Waals surface area contributed by atoms with Crippen LogP contribution in [0.5, 0.6) is 5.75 Å². The molecule has 0 radical (unpaired) electrons. The number of hydrogen-bond donors (Lipinski definition) is 1. The fourth-order valence-corrected chi connectivity index (χ4v) is 1.71. The monoisotopic (exact) mass is 286 g/mol. The summed E-state index contributed by atoms with van der Waals surface area (Å²) in [7, 11) is 1.85.